The van der Waals surface area contributed by atoms with Crippen LogP contribution in [0.15, 0.2) is 85.6 Å². The molecule has 2 aromatic heterocycles. The number of nitrogens with zero attached hydrogens (tertiary/aromatic N) is 4. The van der Waals surface area contributed by atoms with Gasteiger partial charge in [-0.2, -0.15) is 0 Å². The molecule has 1 N–H and O–H groups in total. The first-order chi connectivity index (χ1) is 15.7. The van der Waals surface area contributed by atoms with Crippen LogP contribution in [-0.4, -0.2) is 32.6 Å². The maximum Gasteiger partial charge on any atom is 0.240 e. The Hall–Kier alpha value is -3.80. The number of benzene rings is 2. The fourth-order valence-electron chi connectivity index (χ4n) is 4.46. The van der Waals surface area contributed by atoms with Gasteiger partial charge in [0.2, 0.25) is 5.91 Å². The highest BCUT2D eigenvalue weighted by Crippen LogP contribution is 2.32. The van der Waals surface area contributed by atoms with E-state index in [0.717, 1.165) is 25.2 Å². The summed E-state index contributed by atoms with van der Waals surface area (Å²) in [6.07, 6.45) is 8.38. The number of aromatic nitrogens is 3. The van der Waals surface area contributed by atoms with Gasteiger partial charge < -0.3 is 19.4 Å². The number of aryl methyl sites for hydroxylation is 1. The minimum atomic E-state index is 0.0364. The van der Waals surface area contributed by atoms with E-state index in [9.17, 15) is 4.79 Å². The molecular weight excluding hydrogens is 398 g/mol. The summed E-state index contributed by atoms with van der Waals surface area (Å²) in [7, 11) is 2.02. The van der Waals surface area contributed by atoms with Crippen molar-refractivity contribution in [1.29, 1.82) is 0 Å². The van der Waals surface area contributed by atoms with Crippen LogP contribution in [0.5, 0.6) is 0 Å². The van der Waals surface area contributed by atoms with E-state index in [-0.39, 0.29) is 11.9 Å². The molecule has 1 aliphatic rings. The lowest BCUT2D eigenvalue weighted by atomic mass is 9.93. The minimum absolute atomic E-state index is 0.0364. The van der Waals surface area contributed by atoms with Crippen LogP contribution in [-0.2, 0) is 31.4 Å². The Morgan fingerprint density at radius 3 is 2.62 bits per heavy atom. The Morgan fingerprint density at radius 1 is 1.06 bits per heavy atom. The Kier molecular flexibility index (Phi) is 5.50. The normalized spacial score (nSPS) is 15.4. The molecule has 1 aliphatic heterocycles. The molecule has 3 heterocycles. The first-order valence-corrected chi connectivity index (χ1v) is 10.9. The van der Waals surface area contributed by atoms with Crippen molar-refractivity contribution in [1.82, 2.24) is 19.4 Å². The molecule has 0 radical (unpaired) electrons. The monoisotopic (exact) mass is 425 g/mol. The van der Waals surface area contributed by atoms with Crippen molar-refractivity contribution in [2.24, 2.45) is 7.05 Å². The maximum absolute atomic E-state index is 12.7. The second-order valence-corrected chi connectivity index (χ2v) is 8.41. The van der Waals surface area contributed by atoms with Crippen molar-refractivity contribution < 1.29 is 4.79 Å². The van der Waals surface area contributed by atoms with Crippen LogP contribution in [0.3, 0.4) is 0 Å². The molecule has 2 aromatic carbocycles. The van der Waals surface area contributed by atoms with Crippen molar-refractivity contribution in [3.05, 3.63) is 96.8 Å². The lowest BCUT2D eigenvalue weighted by Gasteiger charge is -2.37. The number of carbonyl (C=O) groups excluding carboxylic acids is 1. The molecule has 1 unspecified atom stereocenters. The molecule has 0 saturated heterocycles. The van der Waals surface area contributed by atoms with Crippen molar-refractivity contribution in [2.75, 3.05) is 11.4 Å². The van der Waals surface area contributed by atoms with Gasteiger partial charge in [-0.15, -0.1) is 0 Å². The number of nitrogens with one attached hydrogen (secondary N) is 1. The summed E-state index contributed by atoms with van der Waals surface area (Å²) in [6.45, 7) is 1.85. The highest BCUT2D eigenvalue weighted by molar-refractivity contribution is 5.77. The van der Waals surface area contributed by atoms with Crippen LogP contribution >= 0.6 is 0 Å². The Bertz CT molecular complexity index is 1200. The van der Waals surface area contributed by atoms with Gasteiger partial charge in [0.05, 0.1) is 24.6 Å². The number of rotatable bonds is 6. The summed E-state index contributed by atoms with van der Waals surface area (Å²) < 4.78 is 3.94. The van der Waals surface area contributed by atoms with Gasteiger partial charge in [0.25, 0.3) is 0 Å². The average Bonchev–Trinajstić information content (AvgIpc) is 3.46. The molecule has 5 rings (SSSR count). The van der Waals surface area contributed by atoms with Gasteiger partial charge in [0.1, 0.15) is 6.54 Å². The van der Waals surface area contributed by atoms with Crippen molar-refractivity contribution in [3.63, 3.8) is 0 Å². The molecule has 4 aromatic rings. The number of anilines is 1. The van der Waals surface area contributed by atoms with Crippen LogP contribution in [0.1, 0.15) is 11.3 Å². The molecule has 0 bridgehead atoms. The second-order valence-electron chi connectivity index (χ2n) is 8.41. The predicted molar refractivity (Wildman–Crippen MR) is 126 cm³/mol. The van der Waals surface area contributed by atoms with Crippen molar-refractivity contribution >= 4 is 11.6 Å². The molecule has 6 nitrogen and oxygen atoms in total. The third-order valence-corrected chi connectivity index (χ3v) is 6.06. The largest absolute Gasteiger partial charge is 0.363 e. The van der Waals surface area contributed by atoms with Crippen LogP contribution in [0.25, 0.3) is 11.1 Å². The number of hydrogen-bond acceptors (Lipinski definition) is 3. The van der Waals surface area contributed by atoms with Gasteiger partial charge in [-0.1, -0.05) is 36.4 Å². The van der Waals surface area contributed by atoms with E-state index in [1.165, 1.54) is 22.4 Å². The Labute approximate surface area is 188 Å². The van der Waals surface area contributed by atoms with Crippen LogP contribution in [0.2, 0.25) is 0 Å². The molecule has 0 fully saturated rings. The fraction of sp³-hybridized carbons (Fsp3) is 0.231. The summed E-state index contributed by atoms with van der Waals surface area (Å²) >= 11 is 0. The van der Waals surface area contributed by atoms with E-state index >= 15 is 0 Å². The molecule has 0 aliphatic carbocycles. The summed E-state index contributed by atoms with van der Waals surface area (Å²) in [6, 6.07) is 21.0. The molecular formula is C26H27N5O. The number of amides is 1. The van der Waals surface area contributed by atoms with Gasteiger partial charge in [-0.25, -0.2) is 4.98 Å². The van der Waals surface area contributed by atoms with Crippen LogP contribution in [0.4, 0.5) is 5.69 Å². The number of carbonyl (C=O) groups is 1. The third kappa shape index (κ3) is 4.30. The second kappa shape index (κ2) is 8.75. The fourth-order valence-corrected chi connectivity index (χ4v) is 4.46. The molecule has 6 heteroatoms. The van der Waals surface area contributed by atoms with E-state index in [4.69, 9.17) is 0 Å². The first-order valence-electron chi connectivity index (χ1n) is 10.9. The van der Waals surface area contributed by atoms with Crippen LogP contribution < -0.4 is 10.2 Å². The van der Waals surface area contributed by atoms with E-state index in [0.29, 0.717) is 6.54 Å². The number of fused-ring (bicyclic) bond motifs is 1. The van der Waals surface area contributed by atoms with Crippen molar-refractivity contribution in [2.45, 2.75) is 25.6 Å². The van der Waals surface area contributed by atoms with Gasteiger partial charge in [-0.05, 0) is 47.4 Å². The smallest absolute Gasteiger partial charge is 0.240 e. The Balaban J connectivity index is 1.42. The zero-order chi connectivity index (χ0) is 21.9. The molecule has 0 saturated carbocycles. The standard InChI is InChI=1S/C26H27N5O/c1-29-19-27-15-24(29)17-31-16-23(28-26(32)18-30-11-5-6-12-30)14-22-13-21(9-10-25(22)31)20-7-3-2-4-8-20/h2-13,15,19,23H,14,16-18H2,1H3,(H,28,32). The van der Waals surface area contributed by atoms with Gasteiger partial charge in [0, 0.05) is 37.9 Å². The molecule has 1 amide bonds. The Morgan fingerprint density at radius 2 is 1.88 bits per heavy atom. The first kappa shape index (κ1) is 20.1. The minimum Gasteiger partial charge on any atom is -0.363 e. The highest BCUT2D eigenvalue weighted by atomic mass is 16.2. The van der Waals surface area contributed by atoms with Crippen molar-refractivity contribution in [3.8, 4) is 11.1 Å². The van der Waals surface area contributed by atoms with E-state index < -0.39 is 0 Å². The van der Waals surface area contributed by atoms with E-state index in [1.807, 2.05) is 59.3 Å². The lowest BCUT2D eigenvalue weighted by Crippen LogP contribution is -2.49. The lowest BCUT2D eigenvalue weighted by molar-refractivity contribution is -0.122. The topological polar surface area (TPSA) is 55.1 Å². The van der Waals surface area contributed by atoms with Crippen LogP contribution in [0, 0.1) is 0 Å². The summed E-state index contributed by atoms with van der Waals surface area (Å²) in [5.41, 5.74) is 6.02. The SMILES string of the molecule is Cn1cncc1CN1CC(NC(=O)Cn2cccc2)Cc2cc(-c3ccccc3)ccc21. The average molecular weight is 426 g/mol. The third-order valence-electron chi connectivity index (χ3n) is 6.06. The zero-order valence-electron chi connectivity index (χ0n) is 18.2. The van der Waals surface area contributed by atoms with Gasteiger partial charge in [0.15, 0.2) is 0 Å². The maximum atomic E-state index is 12.7. The molecule has 162 valence electrons. The zero-order valence-corrected chi connectivity index (χ0v) is 18.2. The van der Waals surface area contributed by atoms with E-state index in [1.54, 1.807) is 0 Å². The summed E-state index contributed by atoms with van der Waals surface area (Å²) in [5, 5.41) is 3.26. The quantitative estimate of drug-likeness (QED) is 0.513. The molecule has 32 heavy (non-hydrogen) atoms. The molecule has 1 atom stereocenters. The summed E-state index contributed by atoms with van der Waals surface area (Å²) in [4.78, 5) is 19.3. The highest BCUT2D eigenvalue weighted by Gasteiger charge is 2.26. The number of hydrogen-bond donors (Lipinski definition) is 1. The van der Waals surface area contributed by atoms with E-state index in [2.05, 4.69) is 57.7 Å². The van der Waals surface area contributed by atoms with Gasteiger partial charge >= 0.3 is 0 Å². The molecule has 0 spiro atoms. The summed E-state index contributed by atoms with van der Waals surface area (Å²) in [5.74, 6) is 0.0364. The number of imidazole rings is 1. The predicted octanol–water partition coefficient (Wildman–Crippen LogP) is 3.64. The van der Waals surface area contributed by atoms with Gasteiger partial charge in [-0.3, -0.25) is 4.79 Å².